The van der Waals surface area contributed by atoms with Crippen LogP contribution >= 0.6 is 12.4 Å². The van der Waals surface area contributed by atoms with Crippen molar-refractivity contribution in [2.75, 3.05) is 19.6 Å². The summed E-state index contributed by atoms with van der Waals surface area (Å²) in [6.07, 6.45) is 8.61. The number of carbonyl (C=O) groups excluding carboxylic acids is 1. The summed E-state index contributed by atoms with van der Waals surface area (Å²) in [4.78, 5) is 11.8. The van der Waals surface area contributed by atoms with Crippen LogP contribution in [-0.2, 0) is 4.79 Å². The van der Waals surface area contributed by atoms with Crippen LogP contribution in [0.25, 0.3) is 0 Å². The number of halogens is 1. The fourth-order valence-electron chi connectivity index (χ4n) is 2.83. The minimum absolute atomic E-state index is 0. The van der Waals surface area contributed by atoms with Crippen LogP contribution in [0.4, 0.5) is 0 Å². The van der Waals surface area contributed by atoms with Crippen LogP contribution in [0.1, 0.15) is 58.8 Å². The van der Waals surface area contributed by atoms with E-state index in [9.17, 15) is 4.79 Å². The molecule has 114 valence electrons. The lowest BCUT2D eigenvalue weighted by molar-refractivity contribution is -0.122. The first-order valence-corrected chi connectivity index (χ1v) is 7.71. The van der Waals surface area contributed by atoms with Gasteiger partial charge in [0.1, 0.15) is 0 Å². The van der Waals surface area contributed by atoms with E-state index in [0.29, 0.717) is 12.3 Å². The van der Waals surface area contributed by atoms with Crippen molar-refractivity contribution in [3.8, 4) is 0 Å². The maximum atomic E-state index is 11.8. The molecule has 0 bridgehead atoms. The number of rotatable bonds is 8. The molecule has 0 aliphatic heterocycles. The zero-order valence-corrected chi connectivity index (χ0v) is 13.4. The van der Waals surface area contributed by atoms with Crippen LogP contribution in [0.3, 0.4) is 0 Å². The Balaban J connectivity index is 0.00000324. The molecule has 1 unspecified atom stereocenters. The van der Waals surface area contributed by atoms with Crippen LogP contribution in [-0.4, -0.2) is 25.5 Å². The molecule has 1 rings (SSSR count). The van der Waals surface area contributed by atoms with Crippen LogP contribution in [0.5, 0.6) is 0 Å². The molecule has 0 heterocycles. The van der Waals surface area contributed by atoms with Gasteiger partial charge in [0.05, 0.1) is 0 Å². The molecule has 2 N–H and O–H groups in total. The molecule has 0 aromatic carbocycles. The molecule has 0 aromatic rings. The Morgan fingerprint density at radius 1 is 1.16 bits per heavy atom. The minimum atomic E-state index is 0. The van der Waals surface area contributed by atoms with E-state index in [1.54, 1.807) is 0 Å². The van der Waals surface area contributed by atoms with E-state index in [2.05, 4.69) is 24.5 Å². The second-order valence-electron chi connectivity index (χ2n) is 5.68. The van der Waals surface area contributed by atoms with Crippen LogP contribution in [0.2, 0.25) is 0 Å². The topological polar surface area (TPSA) is 41.1 Å². The molecule has 19 heavy (non-hydrogen) atoms. The lowest BCUT2D eigenvalue weighted by Crippen LogP contribution is -2.33. The van der Waals surface area contributed by atoms with E-state index in [1.165, 1.54) is 32.1 Å². The first kappa shape index (κ1) is 18.7. The van der Waals surface area contributed by atoms with Crippen LogP contribution in [0, 0.1) is 11.8 Å². The number of carbonyl (C=O) groups is 1. The summed E-state index contributed by atoms with van der Waals surface area (Å²) in [5, 5.41) is 6.30. The maximum Gasteiger partial charge on any atom is 0.220 e. The Kier molecular flexibility index (Phi) is 11.4. The number of nitrogens with one attached hydrogen (secondary N) is 2. The molecule has 1 fully saturated rings. The lowest BCUT2D eigenvalue weighted by atomic mass is 9.79. The summed E-state index contributed by atoms with van der Waals surface area (Å²) < 4.78 is 0. The summed E-state index contributed by atoms with van der Waals surface area (Å²) in [6.45, 7) is 7.07. The molecule has 3 nitrogen and oxygen atoms in total. The average Bonchev–Trinajstić information content (AvgIpc) is 2.39. The predicted molar refractivity (Wildman–Crippen MR) is 83.8 cm³/mol. The maximum absolute atomic E-state index is 11.8. The van der Waals surface area contributed by atoms with Crippen molar-refractivity contribution < 1.29 is 4.79 Å². The molecule has 4 heteroatoms. The highest BCUT2D eigenvalue weighted by Crippen LogP contribution is 2.31. The van der Waals surface area contributed by atoms with Gasteiger partial charge >= 0.3 is 0 Å². The smallest absolute Gasteiger partial charge is 0.220 e. The Morgan fingerprint density at radius 2 is 1.84 bits per heavy atom. The summed E-state index contributed by atoms with van der Waals surface area (Å²) in [5.41, 5.74) is 0. The van der Waals surface area contributed by atoms with Gasteiger partial charge in [0, 0.05) is 19.5 Å². The van der Waals surface area contributed by atoms with Gasteiger partial charge in [0.2, 0.25) is 5.91 Å². The molecular weight excluding hydrogens is 260 g/mol. The van der Waals surface area contributed by atoms with E-state index in [4.69, 9.17) is 0 Å². The van der Waals surface area contributed by atoms with Gasteiger partial charge in [-0.25, -0.2) is 0 Å². The van der Waals surface area contributed by atoms with Gasteiger partial charge in [-0.1, -0.05) is 46.0 Å². The van der Waals surface area contributed by atoms with Crippen molar-refractivity contribution in [2.24, 2.45) is 11.8 Å². The molecular formula is C15H31ClN2O. The van der Waals surface area contributed by atoms with Gasteiger partial charge in [-0.2, -0.15) is 0 Å². The van der Waals surface area contributed by atoms with E-state index >= 15 is 0 Å². The zero-order chi connectivity index (χ0) is 13.2. The monoisotopic (exact) mass is 290 g/mol. The van der Waals surface area contributed by atoms with Crippen molar-refractivity contribution in [3.63, 3.8) is 0 Å². The Hall–Kier alpha value is -0.280. The van der Waals surface area contributed by atoms with Crippen molar-refractivity contribution in [3.05, 3.63) is 0 Å². The molecule has 1 aliphatic rings. The highest BCUT2D eigenvalue weighted by atomic mass is 35.5. The number of amides is 1. The summed E-state index contributed by atoms with van der Waals surface area (Å²) in [6, 6.07) is 0. The SMILES string of the molecule is CCCNCCNC(=O)CC(C)C1CCCCC1.Cl. The fraction of sp³-hybridized carbons (Fsp3) is 0.933. The van der Waals surface area contributed by atoms with Gasteiger partial charge in [0.25, 0.3) is 0 Å². The zero-order valence-electron chi connectivity index (χ0n) is 12.5. The van der Waals surface area contributed by atoms with E-state index < -0.39 is 0 Å². The lowest BCUT2D eigenvalue weighted by Gasteiger charge is -2.27. The summed E-state index contributed by atoms with van der Waals surface area (Å²) in [5.74, 6) is 1.56. The van der Waals surface area contributed by atoms with E-state index in [-0.39, 0.29) is 18.3 Å². The third-order valence-corrected chi connectivity index (χ3v) is 4.01. The van der Waals surface area contributed by atoms with Crippen molar-refractivity contribution in [2.45, 2.75) is 58.8 Å². The first-order valence-electron chi connectivity index (χ1n) is 7.71. The summed E-state index contributed by atoms with van der Waals surface area (Å²) >= 11 is 0. The third-order valence-electron chi connectivity index (χ3n) is 4.01. The van der Waals surface area contributed by atoms with Gasteiger partial charge in [-0.05, 0) is 24.8 Å². The fourth-order valence-corrected chi connectivity index (χ4v) is 2.83. The molecule has 1 aliphatic carbocycles. The summed E-state index contributed by atoms with van der Waals surface area (Å²) in [7, 11) is 0. The van der Waals surface area contributed by atoms with Crippen molar-refractivity contribution in [1.82, 2.24) is 10.6 Å². The van der Waals surface area contributed by atoms with Gasteiger partial charge in [-0.15, -0.1) is 12.4 Å². The molecule has 0 saturated heterocycles. The minimum Gasteiger partial charge on any atom is -0.355 e. The molecule has 1 saturated carbocycles. The highest BCUT2D eigenvalue weighted by Gasteiger charge is 2.21. The average molecular weight is 291 g/mol. The molecule has 0 spiro atoms. The van der Waals surface area contributed by atoms with Crippen LogP contribution in [0.15, 0.2) is 0 Å². The number of hydrogen-bond acceptors (Lipinski definition) is 2. The predicted octanol–water partition coefficient (Wildman–Crippen LogP) is 3.13. The van der Waals surface area contributed by atoms with Gasteiger partial charge in [0.15, 0.2) is 0 Å². The molecule has 1 atom stereocenters. The Bertz CT molecular complexity index is 230. The standard InChI is InChI=1S/C15H30N2O.ClH/c1-3-9-16-10-11-17-15(18)12-13(2)14-7-5-4-6-8-14;/h13-14,16H,3-12H2,1-2H3,(H,17,18);1H. The molecule has 1 amide bonds. The number of hydrogen-bond donors (Lipinski definition) is 2. The van der Waals surface area contributed by atoms with Gasteiger partial charge < -0.3 is 10.6 Å². The van der Waals surface area contributed by atoms with Crippen LogP contribution < -0.4 is 10.6 Å². The normalized spacial score (nSPS) is 17.6. The highest BCUT2D eigenvalue weighted by molar-refractivity contribution is 5.85. The van der Waals surface area contributed by atoms with Crippen molar-refractivity contribution in [1.29, 1.82) is 0 Å². The van der Waals surface area contributed by atoms with Crippen molar-refractivity contribution >= 4 is 18.3 Å². The van der Waals surface area contributed by atoms with E-state index in [0.717, 1.165) is 32.0 Å². The molecule has 0 radical (unpaired) electrons. The van der Waals surface area contributed by atoms with Gasteiger partial charge in [-0.3, -0.25) is 4.79 Å². The Morgan fingerprint density at radius 3 is 2.47 bits per heavy atom. The largest absolute Gasteiger partial charge is 0.355 e. The quantitative estimate of drug-likeness (QED) is 0.674. The second kappa shape index (κ2) is 11.5. The Labute approximate surface area is 124 Å². The first-order chi connectivity index (χ1) is 8.74. The second-order valence-corrected chi connectivity index (χ2v) is 5.68. The van der Waals surface area contributed by atoms with E-state index in [1.807, 2.05) is 0 Å². The third kappa shape index (κ3) is 8.48. The molecule has 0 aromatic heterocycles.